The van der Waals surface area contributed by atoms with Crippen LogP contribution >= 0.6 is 11.6 Å². The summed E-state index contributed by atoms with van der Waals surface area (Å²) < 4.78 is 5.55. The molecule has 0 aliphatic rings. The number of anilines is 1. The molecule has 3 rings (SSSR count). The maximum absolute atomic E-state index is 12.2. The zero-order valence-electron chi connectivity index (χ0n) is 12.4. The van der Waals surface area contributed by atoms with Crippen molar-refractivity contribution in [3.8, 4) is 0 Å². The van der Waals surface area contributed by atoms with Crippen LogP contribution in [0.3, 0.4) is 0 Å². The summed E-state index contributed by atoms with van der Waals surface area (Å²) in [4.78, 5) is 12.2. The van der Waals surface area contributed by atoms with Crippen molar-refractivity contribution in [3.63, 3.8) is 0 Å². The number of rotatable bonds is 3. The Hall–Kier alpha value is -2.26. The number of benzene rings is 2. The van der Waals surface area contributed by atoms with Gasteiger partial charge in [0.2, 0.25) is 0 Å². The maximum Gasteiger partial charge on any atom is 0.291 e. The summed E-state index contributed by atoms with van der Waals surface area (Å²) in [6.07, 6.45) is 0. The fraction of sp³-hybridized carbons (Fsp3) is 0.167. The summed E-state index contributed by atoms with van der Waals surface area (Å²) in [5.41, 5.74) is 2.62. The molecule has 0 saturated heterocycles. The largest absolute Gasteiger partial charge is 0.451 e. The molecule has 1 N–H and O–H groups in total. The smallest absolute Gasteiger partial charge is 0.291 e. The van der Waals surface area contributed by atoms with Crippen molar-refractivity contribution < 1.29 is 9.21 Å². The molecule has 1 heterocycles. The Balaban J connectivity index is 1.80. The van der Waals surface area contributed by atoms with Crippen molar-refractivity contribution in [1.82, 2.24) is 0 Å². The van der Waals surface area contributed by atoms with Crippen molar-refractivity contribution in [2.24, 2.45) is 0 Å². The molecular weight excluding hydrogens is 298 g/mol. The van der Waals surface area contributed by atoms with Gasteiger partial charge in [0.1, 0.15) is 5.58 Å². The number of halogens is 1. The van der Waals surface area contributed by atoms with Crippen molar-refractivity contribution in [3.05, 3.63) is 64.9 Å². The van der Waals surface area contributed by atoms with E-state index in [-0.39, 0.29) is 11.7 Å². The Morgan fingerprint density at radius 2 is 1.82 bits per heavy atom. The Bertz CT molecular complexity index is 819. The minimum atomic E-state index is -0.274. The first-order valence-electron chi connectivity index (χ1n) is 7.13. The van der Waals surface area contributed by atoms with Crippen LogP contribution in [0.5, 0.6) is 0 Å². The van der Waals surface area contributed by atoms with E-state index in [1.54, 1.807) is 24.3 Å². The first-order valence-corrected chi connectivity index (χ1v) is 7.51. The first-order chi connectivity index (χ1) is 10.5. The van der Waals surface area contributed by atoms with E-state index in [9.17, 15) is 4.79 Å². The molecule has 0 bridgehead atoms. The van der Waals surface area contributed by atoms with Crippen LogP contribution in [0.15, 0.2) is 52.9 Å². The Kier molecular flexibility index (Phi) is 3.90. The third-order valence-corrected chi connectivity index (χ3v) is 3.77. The average Bonchev–Trinajstić information content (AvgIpc) is 2.91. The Morgan fingerprint density at radius 3 is 2.50 bits per heavy atom. The van der Waals surface area contributed by atoms with Gasteiger partial charge in [-0.2, -0.15) is 0 Å². The van der Waals surface area contributed by atoms with Crippen LogP contribution < -0.4 is 5.32 Å². The molecule has 0 spiro atoms. The number of hydrogen-bond acceptors (Lipinski definition) is 2. The van der Waals surface area contributed by atoms with Gasteiger partial charge in [0, 0.05) is 16.1 Å². The highest BCUT2D eigenvalue weighted by atomic mass is 35.5. The summed E-state index contributed by atoms with van der Waals surface area (Å²) in [6.45, 7) is 4.26. The molecule has 1 aromatic heterocycles. The van der Waals surface area contributed by atoms with Gasteiger partial charge in [0.25, 0.3) is 5.91 Å². The van der Waals surface area contributed by atoms with Gasteiger partial charge in [-0.3, -0.25) is 4.79 Å². The SMILES string of the molecule is CC(C)c1ccc(NC(=O)c2cc3cc(Cl)ccc3o2)cc1. The molecular formula is C18H16ClNO2. The van der Waals surface area contributed by atoms with Crippen molar-refractivity contribution in [1.29, 1.82) is 0 Å². The van der Waals surface area contributed by atoms with E-state index in [0.29, 0.717) is 16.5 Å². The second-order valence-electron chi connectivity index (χ2n) is 5.52. The normalized spacial score (nSPS) is 11.1. The molecule has 0 aliphatic heterocycles. The molecule has 22 heavy (non-hydrogen) atoms. The van der Waals surface area contributed by atoms with Gasteiger partial charge >= 0.3 is 0 Å². The van der Waals surface area contributed by atoms with Crippen LogP contribution in [0.4, 0.5) is 5.69 Å². The summed E-state index contributed by atoms with van der Waals surface area (Å²) in [7, 11) is 0. The third kappa shape index (κ3) is 3.00. The zero-order chi connectivity index (χ0) is 15.7. The van der Waals surface area contributed by atoms with Gasteiger partial charge in [-0.15, -0.1) is 0 Å². The summed E-state index contributed by atoms with van der Waals surface area (Å²) in [5, 5.41) is 4.26. The highest BCUT2D eigenvalue weighted by Crippen LogP contribution is 2.24. The lowest BCUT2D eigenvalue weighted by molar-refractivity contribution is 0.0998. The lowest BCUT2D eigenvalue weighted by Gasteiger charge is -2.07. The quantitative estimate of drug-likeness (QED) is 0.697. The van der Waals surface area contributed by atoms with E-state index >= 15 is 0 Å². The van der Waals surface area contributed by atoms with Crippen LogP contribution in [0.2, 0.25) is 5.02 Å². The molecule has 3 aromatic rings. The molecule has 3 nitrogen and oxygen atoms in total. The number of fused-ring (bicyclic) bond motifs is 1. The predicted molar refractivity (Wildman–Crippen MR) is 89.7 cm³/mol. The molecule has 112 valence electrons. The van der Waals surface area contributed by atoms with E-state index in [4.69, 9.17) is 16.0 Å². The minimum Gasteiger partial charge on any atom is -0.451 e. The molecule has 0 unspecified atom stereocenters. The molecule has 1 amide bonds. The summed E-state index contributed by atoms with van der Waals surface area (Å²) in [5.74, 6) is 0.458. The fourth-order valence-corrected chi connectivity index (χ4v) is 2.45. The lowest BCUT2D eigenvalue weighted by Crippen LogP contribution is -2.10. The van der Waals surface area contributed by atoms with E-state index in [1.807, 2.05) is 24.3 Å². The highest BCUT2D eigenvalue weighted by Gasteiger charge is 2.13. The van der Waals surface area contributed by atoms with Gasteiger partial charge in [0.05, 0.1) is 0 Å². The Morgan fingerprint density at radius 1 is 1.09 bits per heavy atom. The minimum absolute atomic E-state index is 0.269. The van der Waals surface area contributed by atoms with Crippen LogP contribution in [0, 0.1) is 0 Å². The Labute approximate surface area is 133 Å². The second kappa shape index (κ2) is 5.85. The molecule has 0 saturated carbocycles. The number of carbonyl (C=O) groups excluding carboxylic acids is 1. The lowest BCUT2D eigenvalue weighted by atomic mass is 10.0. The highest BCUT2D eigenvalue weighted by molar-refractivity contribution is 6.31. The topological polar surface area (TPSA) is 42.2 Å². The van der Waals surface area contributed by atoms with E-state index in [0.717, 1.165) is 11.1 Å². The van der Waals surface area contributed by atoms with Gasteiger partial charge in [-0.05, 0) is 47.9 Å². The van der Waals surface area contributed by atoms with Gasteiger partial charge in [-0.25, -0.2) is 0 Å². The maximum atomic E-state index is 12.2. The average molecular weight is 314 g/mol. The molecule has 0 aliphatic carbocycles. The van der Waals surface area contributed by atoms with E-state index < -0.39 is 0 Å². The van der Waals surface area contributed by atoms with Crippen LogP contribution in [-0.2, 0) is 0 Å². The number of nitrogens with one attached hydrogen (secondary N) is 1. The number of furan rings is 1. The van der Waals surface area contributed by atoms with Crippen molar-refractivity contribution in [2.75, 3.05) is 5.32 Å². The number of carbonyl (C=O) groups is 1. The van der Waals surface area contributed by atoms with Crippen LogP contribution in [0.1, 0.15) is 35.9 Å². The van der Waals surface area contributed by atoms with Gasteiger partial charge < -0.3 is 9.73 Å². The molecule has 0 radical (unpaired) electrons. The standard InChI is InChI=1S/C18H16ClNO2/c1-11(2)12-3-6-15(7-4-12)20-18(21)17-10-13-9-14(19)5-8-16(13)22-17/h3-11H,1-2H3,(H,20,21). The summed E-state index contributed by atoms with van der Waals surface area (Å²) >= 11 is 5.94. The third-order valence-electron chi connectivity index (χ3n) is 3.54. The molecule has 2 aromatic carbocycles. The fourth-order valence-electron chi connectivity index (χ4n) is 2.27. The van der Waals surface area contributed by atoms with E-state index in [2.05, 4.69) is 19.2 Å². The predicted octanol–water partition coefficient (Wildman–Crippen LogP) is 5.46. The first kappa shape index (κ1) is 14.7. The summed E-state index contributed by atoms with van der Waals surface area (Å²) in [6, 6.07) is 14.8. The van der Waals surface area contributed by atoms with Crippen molar-refractivity contribution in [2.45, 2.75) is 19.8 Å². The van der Waals surface area contributed by atoms with Gasteiger partial charge in [-0.1, -0.05) is 37.6 Å². The monoisotopic (exact) mass is 313 g/mol. The van der Waals surface area contributed by atoms with Crippen molar-refractivity contribution >= 4 is 34.2 Å². The molecule has 0 fully saturated rings. The molecule has 4 heteroatoms. The number of amides is 1. The van der Waals surface area contributed by atoms with Gasteiger partial charge in [0.15, 0.2) is 5.76 Å². The second-order valence-corrected chi connectivity index (χ2v) is 5.96. The number of hydrogen-bond donors (Lipinski definition) is 1. The van der Waals surface area contributed by atoms with E-state index in [1.165, 1.54) is 5.56 Å². The van der Waals surface area contributed by atoms with Crippen LogP contribution in [-0.4, -0.2) is 5.91 Å². The zero-order valence-corrected chi connectivity index (χ0v) is 13.1. The molecule has 0 atom stereocenters. The van der Waals surface area contributed by atoms with Crippen LogP contribution in [0.25, 0.3) is 11.0 Å².